The number of aliphatic hydroxyl groups excluding tert-OH is 1. The van der Waals surface area contributed by atoms with Crippen molar-refractivity contribution in [3.63, 3.8) is 0 Å². The lowest BCUT2D eigenvalue weighted by molar-refractivity contribution is 0.102. The van der Waals surface area contributed by atoms with E-state index in [1.54, 1.807) is 25.3 Å². The number of H-pyrrole nitrogens is 1. The van der Waals surface area contributed by atoms with Crippen molar-refractivity contribution >= 4 is 22.5 Å². The lowest BCUT2D eigenvalue weighted by Gasteiger charge is -2.10. The summed E-state index contributed by atoms with van der Waals surface area (Å²) in [4.78, 5) is 15.8. The monoisotopic (exact) mass is 324 g/mol. The van der Waals surface area contributed by atoms with Crippen LogP contribution >= 0.6 is 0 Å². The van der Waals surface area contributed by atoms with E-state index in [0.717, 1.165) is 22.0 Å². The maximum Gasteiger partial charge on any atom is 0.272 e. The van der Waals surface area contributed by atoms with Gasteiger partial charge in [-0.05, 0) is 49.7 Å². The number of ether oxygens (including phenoxy) is 1. The van der Waals surface area contributed by atoms with Gasteiger partial charge in [-0.3, -0.25) is 4.79 Å². The number of anilines is 1. The molecule has 0 atom stereocenters. The largest absolute Gasteiger partial charge is 0.496 e. The molecule has 5 nitrogen and oxygen atoms in total. The third-order valence-electron chi connectivity index (χ3n) is 4.15. The van der Waals surface area contributed by atoms with Gasteiger partial charge in [0.15, 0.2) is 0 Å². The van der Waals surface area contributed by atoms with Crippen molar-refractivity contribution in [1.29, 1.82) is 0 Å². The van der Waals surface area contributed by atoms with E-state index in [4.69, 9.17) is 4.74 Å². The average molecular weight is 324 g/mol. The number of amides is 1. The molecular formula is C19H20N2O3. The van der Waals surface area contributed by atoms with Crippen molar-refractivity contribution < 1.29 is 14.6 Å². The van der Waals surface area contributed by atoms with Gasteiger partial charge < -0.3 is 20.1 Å². The molecule has 0 radical (unpaired) electrons. The fourth-order valence-electron chi connectivity index (χ4n) is 2.84. The van der Waals surface area contributed by atoms with Crippen LogP contribution < -0.4 is 10.1 Å². The van der Waals surface area contributed by atoms with E-state index in [1.807, 2.05) is 26.0 Å². The van der Waals surface area contributed by atoms with Crippen LogP contribution in [0.15, 0.2) is 36.4 Å². The Bertz CT molecular complexity index is 912. The van der Waals surface area contributed by atoms with E-state index >= 15 is 0 Å². The summed E-state index contributed by atoms with van der Waals surface area (Å²) in [7, 11) is 1.54. The van der Waals surface area contributed by atoms with Crippen LogP contribution in [0.25, 0.3) is 10.9 Å². The van der Waals surface area contributed by atoms with Gasteiger partial charge in [0.05, 0.1) is 13.7 Å². The molecule has 1 heterocycles. The van der Waals surface area contributed by atoms with Crippen LogP contribution in [0.3, 0.4) is 0 Å². The van der Waals surface area contributed by atoms with Gasteiger partial charge in [-0.1, -0.05) is 11.6 Å². The Morgan fingerprint density at radius 3 is 2.71 bits per heavy atom. The first-order valence-electron chi connectivity index (χ1n) is 7.71. The van der Waals surface area contributed by atoms with Gasteiger partial charge in [-0.25, -0.2) is 0 Å². The molecule has 0 aliphatic rings. The molecule has 0 saturated heterocycles. The summed E-state index contributed by atoms with van der Waals surface area (Å²) in [6, 6.07) is 11.2. The van der Waals surface area contributed by atoms with Gasteiger partial charge in [-0.2, -0.15) is 0 Å². The SMILES string of the molecule is COc1ccc(NC(=O)c2[nH]c3ccc(C)cc3c2C)cc1CO. The molecule has 0 aliphatic heterocycles. The van der Waals surface area contributed by atoms with E-state index in [0.29, 0.717) is 22.7 Å². The van der Waals surface area contributed by atoms with Gasteiger partial charge in [0, 0.05) is 22.2 Å². The Kier molecular flexibility index (Phi) is 4.27. The molecule has 0 bridgehead atoms. The van der Waals surface area contributed by atoms with E-state index in [2.05, 4.69) is 16.4 Å². The summed E-state index contributed by atoms with van der Waals surface area (Å²) in [5.74, 6) is 0.378. The number of aliphatic hydroxyl groups is 1. The van der Waals surface area contributed by atoms with Crippen molar-refractivity contribution in [2.24, 2.45) is 0 Å². The van der Waals surface area contributed by atoms with Crippen LogP contribution in [-0.2, 0) is 6.61 Å². The highest BCUT2D eigenvalue weighted by Crippen LogP contribution is 2.25. The summed E-state index contributed by atoms with van der Waals surface area (Å²) >= 11 is 0. The molecule has 3 N–H and O–H groups in total. The van der Waals surface area contributed by atoms with Crippen molar-refractivity contribution in [1.82, 2.24) is 4.98 Å². The van der Waals surface area contributed by atoms with Crippen molar-refractivity contribution in [3.05, 3.63) is 58.8 Å². The topological polar surface area (TPSA) is 74.3 Å². The summed E-state index contributed by atoms with van der Waals surface area (Å²) in [5.41, 5.74) is 4.78. The number of aromatic amines is 1. The molecule has 0 unspecified atom stereocenters. The Morgan fingerprint density at radius 2 is 2.00 bits per heavy atom. The number of rotatable bonds is 4. The number of aromatic nitrogens is 1. The predicted octanol–water partition coefficient (Wildman–Crippen LogP) is 3.54. The van der Waals surface area contributed by atoms with Crippen molar-refractivity contribution in [2.75, 3.05) is 12.4 Å². The van der Waals surface area contributed by atoms with Crippen LogP contribution in [0.5, 0.6) is 5.75 Å². The fraction of sp³-hybridized carbons (Fsp3) is 0.211. The zero-order valence-corrected chi connectivity index (χ0v) is 13.9. The minimum atomic E-state index is -0.213. The molecule has 0 saturated carbocycles. The van der Waals surface area contributed by atoms with Gasteiger partial charge in [0.25, 0.3) is 5.91 Å². The first-order chi connectivity index (χ1) is 11.5. The third kappa shape index (κ3) is 2.86. The van der Waals surface area contributed by atoms with Crippen molar-refractivity contribution in [2.45, 2.75) is 20.5 Å². The summed E-state index contributed by atoms with van der Waals surface area (Å²) in [5, 5.41) is 13.3. The van der Waals surface area contributed by atoms with E-state index < -0.39 is 0 Å². The van der Waals surface area contributed by atoms with Gasteiger partial charge in [-0.15, -0.1) is 0 Å². The zero-order valence-electron chi connectivity index (χ0n) is 13.9. The second kappa shape index (κ2) is 6.37. The number of benzene rings is 2. The maximum atomic E-state index is 12.6. The fourth-order valence-corrected chi connectivity index (χ4v) is 2.84. The molecule has 24 heavy (non-hydrogen) atoms. The summed E-state index contributed by atoms with van der Waals surface area (Å²) < 4.78 is 5.17. The zero-order chi connectivity index (χ0) is 17.3. The Hall–Kier alpha value is -2.79. The number of nitrogens with one attached hydrogen (secondary N) is 2. The molecule has 5 heteroatoms. The standard InChI is InChI=1S/C19H20N2O3/c1-11-4-6-16-15(8-11)12(2)18(21-16)19(23)20-14-5-7-17(24-3)13(9-14)10-22/h4-9,21-22H,10H2,1-3H3,(H,20,23). The molecule has 3 rings (SSSR count). The molecule has 1 amide bonds. The van der Waals surface area contributed by atoms with E-state index in [9.17, 15) is 9.90 Å². The van der Waals surface area contributed by atoms with Gasteiger partial charge in [0.2, 0.25) is 0 Å². The highest BCUT2D eigenvalue weighted by molar-refractivity contribution is 6.07. The number of carbonyl (C=O) groups is 1. The van der Waals surface area contributed by atoms with Crippen LogP contribution in [0, 0.1) is 13.8 Å². The Morgan fingerprint density at radius 1 is 1.21 bits per heavy atom. The van der Waals surface area contributed by atoms with Crippen molar-refractivity contribution in [3.8, 4) is 5.75 Å². The molecule has 3 aromatic rings. The molecule has 0 aliphatic carbocycles. The minimum Gasteiger partial charge on any atom is -0.496 e. The Balaban J connectivity index is 1.91. The number of aryl methyl sites for hydroxylation is 2. The third-order valence-corrected chi connectivity index (χ3v) is 4.15. The Labute approximate surface area is 140 Å². The first kappa shape index (κ1) is 16.1. The lowest BCUT2D eigenvalue weighted by Crippen LogP contribution is -2.13. The van der Waals surface area contributed by atoms with Crippen LogP contribution in [0.2, 0.25) is 0 Å². The molecular weight excluding hydrogens is 304 g/mol. The lowest BCUT2D eigenvalue weighted by atomic mass is 10.1. The number of carbonyl (C=O) groups excluding carboxylic acids is 1. The molecule has 124 valence electrons. The first-order valence-corrected chi connectivity index (χ1v) is 7.71. The second-order valence-electron chi connectivity index (χ2n) is 5.81. The summed E-state index contributed by atoms with van der Waals surface area (Å²) in [6.45, 7) is 3.80. The van der Waals surface area contributed by atoms with Gasteiger partial charge in [0.1, 0.15) is 11.4 Å². The maximum absolute atomic E-state index is 12.6. The highest BCUT2D eigenvalue weighted by atomic mass is 16.5. The van der Waals surface area contributed by atoms with E-state index in [-0.39, 0.29) is 12.5 Å². The molecule has 0 spiro atoms. The molecule has 0 fully saturated rings. The molecule has 1 aromatic heterocycles. The number of hydrogen-bond acceptors (Lipinski definition) is 3. The second-order valence-corrected chi connectivity index (χ2v) is 5.81. The average Bonchev–Trinajstić information content (AvgIpc) is 2.91. The quantitative estimate of drug-likeness (QED) is 0.687. The smallest absolute Gasteiger partial charge is 0.272 e. The van der Waals surface area contributed by atoms with Gasteiger partial charge >= 0.3 is 0 Å². The predicted molar refractivity (Wildman–Crippen MR) is 94.6 cm³/mol. The number of methoxy groups -OCH3 is 1. The van der Waals surface area contributed by atoms with E-state index in [1.165, 1.54) is 0 Å². The van der Waals surface area contributed by atoms with Crippen LogP contribution in [0.1, 0.15) is 27.2 Å². The highest BCUT2D eigenvalue weighted by Gasteiger charge is 2.15. The molecule has 2 aromatic carbocycles. The van der Waals surface area contributed by atoms with Crippen LogP contribution in [-0.4, -0.2) is 23.1 Å². The normalized spacial score (nSPS) is 10.8. The van der Waals surface area contributed by atoms with Crippen LogP contribution in [0.4, 0.5) is 5.69 Å². The summed E-state index contributed by atoms with van der Waals surface area (Å²) in [6.07, 6.45) is 0. The number of fused-ring (bicyclic) bond motifs is 1. The minimum absolute atomic E-state index is 0.155. The number of hydrogen-bond donors (Lipinski definition) is 3.